The minimum atomic E-state index is -0.143. The molecule has 1 N–H and O–H groups in total. The van der Waals surface area contributed by atoms with Gasteiger partial charge in [0.1, 0.15) is 0 Å². The van der Waals surface area contributed by atoms with E-state index in [2.05, 4.69) is 41.1 Å². The number of nitrogens with one attached hydrogen (secondary N) is 1. The maximum Gasteiger partial charge on any atom is 0.241 e. The number of nitrogens with zero attached hydrogens (tertiary/aromatic N) is 3. The number of hydrogen-bond acceptors (Lipinski definition) is 5. The van der Waals surface area contributed by atoms with E-state index in [9.17, 15) is 4.79 Å². The summed E-state index contributed by atoms with van der Waals surface area (Å²) in [5, 5.41) is 7.89. The number of carbonyl (C=O) groups is 1. The van der Waals surface area contributed by atoms with E-state index in [0.717, 1.165) is 37.9 Å². The molecule has 0 radical (unpaired) electrons. The van der Waals surface area contributed by atoms with E-state index < -0.39 is 0 Å². The number of carbonyl (C=O) groups excluding carboxylic acids is 1. The van der Waals surface area contributed by atoms with Gasteiger partial charge in [-0.25, -0.2) is 0 Å². The molecular weight excluding hydrogens is 364 g/mol. The molecule has 1 amide bonds. The Morgan fingerprint density at radius 1 is 1.30 bits per heavy atom. The van der Waals surface area contributed by atoms with E-state index in [0.29, 0.717) is 23.3 Å². The number of benzene rings is 1. The van der Waals surface area contributed by atoms with Crippen LogP contribution in [0.4, 0.5) is 0 Å². The van der Waals surface area contributed by atoms with Gasteiger partial charge < -0.3 is 9.84 Å². The quantitative estimate of drug-likeness (QED) is 0.809. The molecule has 1 saturated heterocycles. The van der Waals surface area contributed by atoms with E-state index in [1.54, 1.807) is 0 Å². The summed E-state index contributed by atoms with van der Waals surface area (Å²) in [7, 11) is 0. The summed E-state index contributed by atoms with van der Waals surface area (Å²) >= 11 is 5.91. The lowest BCUT2D eigenvalue weighted by atomic mass is 9.93. The minimum Gasteiger partial charge on any atom is -0.351 e. The van der Waals surface area contributed by atoms with Crippen LogP contribution in [0.15, 0.2) is 28.8 Å². The molecule has 1 aromatic heterocycles. The number of amides is 1. The Balaban J connectivity index is 1.51. The average molecular weight is 391 g/mol. The number of aromatic nitrogens is 2. The predicted octanol–water partition coefficient (Wildman–Crippen LogP) is 3.91. The second-order valence-electron chi connectivity index (χ2n) is 7.80. The van der Waals surface area contributed by atoms with Crippen LogP contribution < -0.4 is 5.32 Å². The Labute approximate surface area is 165 Å². The SMILES string of the molecule is CCC(C)(C)NC(=O)C1CCN(Cc2nc(-c3ccc(Cl)cc3)no2)CC1. The van der Waals surface area contributed by atoms with Gasteiger partial charge in [0, 0.05) is 22.0 Å². The maximum absolute atomic E-state index is 12.4. The highest BCUT2D eigenvalue weighted by Crippen LogP contribution is 2.22. The molecule has 0 atom stereocenters. The zero-order chi connectivity index (χ0) is 19.4. The summed E-state index contributed by atoms with van der Waals surface area (Å²) in [6, 6.07) is 7.36. The molecule has 1 aromatic carbocycles. The Morgan fingerprint density at radius 3 is 2.59 bits per heavy atom. The van der Waals surface area contributed by atoms with Crippen molar-refractivity contribution < 1.29 is 9.32 Å². The molecule has 7 heteroatoms. The molecule has 27 heavy (non-hydrogen) atoms. The lowest BCUT2D eigenvalue weighted by Crippen LogP contribution is -2.48. The molecule has 0 spiro atoms. The zero-order valence-corrected chi connectivity index (χ0v) is 16.9. The third-order valence-electron chi connectivity index (χ3n) is 5.23. The van der Waals surface area contributed by atoms with Gasteiger partial charge in [-0.15, -0.1) is 0 Å². The lowest BCUT2D eigenvalue weighted by Gasteiger charge is -2.33. The van der Waals surface area contributed by atoms with E-state index in [-0.39, 0.29) is 17.4 Å². The fourth-order valence-corrected chi connectivity index (χ4v) is 3.23. The number of rotatable bonds is 6. The summed E-state index contributed by atoms with van der Waals surface area (Å²) in [6.45, 7) is 8.52. The summed E-state index contributed by atoms with van der Waals surface area (Å²) < 4.78 is 5.39. The third kappa shape index (κ3) is 5.30. The van der Waals surface area contributed by atoms with Crippen molar-refractivity contribution in [2.75, 3.05) is 13.1 Å². The summed E-state index contributed by atoms with van der Waals surface area (Å²) in [5.41, 5.74) is 0.735. The molecule has 146 valence electrons. The molecule has 1 aliphatic rings. The van der Waals surface area contributed by atoms with Crippen LogP contribution in [0.25, 0.3) is 11.4 Å². The van der Waals surface area contributed by atoms with Crippen LogP contribution in [-0.2, 0) is 11.3 Å². The minimum absolute atomic E-state index is 0.0828. The largest absolute Gasteiger partial charge is 0.351 e. The van der Waals surface area contributed by atoms with Crippen LogP contribution in [-0.4, -0.2) is 39.6 Å². The van der Waals surface area contributed by atoms with E-state index >= 15 is 0 Å². The van der Waals surface area contributed by atoms with Crippen molar-refractivity contribution >= 4 is 17.5 Å². The first kappa shape index (κ1) is 19.8. The summed E-state index contributed by atoms with van der Waals surface area (Å²) in [4.78, 5) is 19.2. The molecule has 6 nitrogen and oxygen atoms in total. The summed E-state index contributed by atoms with van der Waals surface area (Å²) in [5.74, 6) is 1.41. The normalized spacial score (nSPS) is 16.4. The van der Waals surface area contributed by atoms with Crippen LogP contribution in [0.2, 0.25) is 5.02 Å². The van der Waals surface area contributed by atoms with Gasteiger partial charge in [-0.3, -0.25) is 9.69 Å². The molecule has 1 fully saturated rings. The first-order valence-corrected chi connectivity index (χ1v) is 9.87. The van der Waals surface area contributed by atoms with E-state index in [4.69, 9.17) is 16.1 Å². The second kappa shape index (κ2) is 8.40. The topological polar surface area (TPSA) is 71.3 Å². The van der Waals surface area contributed by atoms with Crippen molar-refractivity contribution in [3.63, 3.8) is 0 Å². The molecule has 0 saturated carbocycles. The van der Waals surface area contributed by atoms with Gasteiger partial charge in [0.25, 0.3) is 0 Å². The van der Waals surface area contributed by atoms with Crippen LogP contribution in [0, 0.1) is 5.92 Å². The molecule has 2 heterocycles. The highest BCUT2D eigenvalue weighted by atomic mass is 35.5. The van der Waals surface area contributed by atoms with Gasteiger partial charge in [0.2, 0.25) is 17.6 Å². The van der Waals surface area contributed by atoms with Gasteiger partial charge in [-0.05, 0) is 70.5 Å². The molecule has 0 bridgehead atoms. The molecular formula is C20H27ClN4O2. The Hall–Kier alpha value is -1.92. The molecule has 1 aliphatic heterocycles. The van der Waals surface area contributed by atoms with Crippen molar-refractivity contribution in [2.24, 2.45) is 5.92 Å². The molecule has 2 aromatic rings. The third-order valence-corrected chi connectivity index (χ3v) is 5.49. The van der Waals surface area contributed by atoms with Crippen LogP contribution in [0.5, 0.6) is 0 Å². The van der Waals surface area contributed by atoms with Gasteiger partial charge in [0.05, 0.1) is 6.54 Å². The van der Waals surface area contributed by atoms with E-state index in [1.165, 1.54) is 0 Å². The van der Waals surface area contributed by atoms with Crippen molar-refractivity contribution in [3.05, 3.63) is 35.2 Å². The fraction of sp³-hybridized carbons (Fsp3) is 0.550. The second-order valence-corrected chi connectivity index (χ2v) is 8.23. The van der Waals surface area contributed by atoms with Crippen molar-refractivity contribution in [3.8, 4) is 11.4 Å². The number of hydrogen-bond donors (Lipinski definition) is 1. The smallest absolute Gasteiger partial charge is 0.241 e. The van der Waals surface area contributed by atoms with Crippen molar-refractivity contribution in [2.45, 2.75) is 52.1 Å². The van der Waals surface area contributed by atoms with Crippen LogP contribution >= 0.6 is 11.6 Å². The first-order chi connectivity index (χ1) is 12.9. The highest BCUT2D eigenvalue weighted by Gasteiger charge is 2.28. The predicted molar refractivity (Wildman–Crippen MR) is 105 cm³/mol. The van der Waals surface area contributed by atoms with Gasteiger partial charge in [-0.2, -0.15) is 4.98 Å². The van der Waals surface area contributed by atoms with Gasteiger partial charge in [0.15, 0.2) is 0 Å². The standard InChI is InChI=1S/C20H27ClN4O2/c1-4-20(2,3)23-19(26)15-9-11-25(12-10-15)13-17-22-18(24-27-17)14-5-7-16(21)8-6-14/h5-8,15H,4,9-13H2,1-3H3,(H,23,26). The van der Waals surface area contributed by atoms with Gasteiger partial charge >= 0.3 is 0 Å². The highest BCUT2D eigenvalue weighted by molar-refractivity contribution is 6.30. The molecule has 0 unspecified atom stereocenters. The van der Waals surface area contributed by atoms with Gasteiger partial charge in [-0.1, -0.05) is 23.7 Å². The number of halogens is 1. The fourth-order valence-electron chi connectivity index (χ4n) is 3.10. The molecule has 0 aliphatic carbocycles. The lowest BCUT2D eigenvalue weighted by molar-refractivity contribution is -0.128. The van der Waals surface area contributed by atoms with Crippen molar-refractivity contribution in [1.82, 2.24) is 20.4 Å². The summed E-state index contributed by atoms with van der Waals surface area (Å²) in [6.07, 6.45) is 2.62. The Morgan fingerprint density at radius 2 is 1.96 bits per heavy atom. The van der Waals surface area contributed by atoms with Crippen LogP contribution in [0.3, 0.4) is 0 Å². The number of piperidine rings is 1. The Kier molecular flexibility index (Phi) is 6.17. The number of likely N-dealkylation sites (tertiary alicyclic amines) is 1. The van der Waals surface area contributed by atoms with Crippen LogP contribution in [0.1, 0.15) is 45.9 Å². The zero-order valence-electron chi connectivity index (χ0n) is 16.2. The Bertz CT molecular complexity index is 765. The van der Waals surface area contributed by atoms with Crippen molar-refractivity contribution in [1.29, 1.82) is 0 Å². The first-order valence-electron chi connectivity index (χ1n) is 9.49. The molecule has 3 rings (SSSR count). The monoisotopic (exact) mass is 390 g/mol. The maximum atomic E-state index is 12.4. The average Bonchev–Trinajstić information content (AvgIpc) is 3.11. The van der Waals surface area contributed by atoms with E-state index in [1.807, 2.05) is 24.3 Å².